The zero-order chi connectivity index (χ0) is 11.9. The third-order valence-electron chi connectivity index (χ3n) is 3.70. The molecular formula is C14H22N2. The van der Waals surface area contributed by atoms with E-state index in [9.17, 15) is 0 Å². The summed E-state index contributed by atoms with van der Waals surface area (Å²) in [6, 6.07) is 2.40. The summed E-state index contributed by atoms with van der Waals surface area (Å²) in [7, 11) is 0. The molecule has 0 amide bonds. The van der Waals surface area contributed by atoms with E-state index in [1.165, 1.54) is 32.1 Å². The number of rotatable bonds is 5. The van der Waals surface area contributed by atoms with Crippen molar-refractivity contribution in [3.05, 3.63) is 0 Å². The summed E-state index contributed by atoms with van der Waals surface area (Å²) in [5, 5.41) is 12.4. The zero-order valence-electron chi connectivity index (χ0n) is 10.3. The molecule has 0 aliphatic heterocycles. The van der Waals surface area contributed by atoms with E-state index in [2.05, 4.69) is 24.2 Å². The van der Waals surface area contributed by atoms with Crippen molar-refractivity contribution in [1.29, 1.82) is 5.26 Å². The summed E-state index contributed by atoms with van der Waals surface area (Å²) < 4.78 is 0. The van der Waals surface area contributed by atoms with Crippen molar-refractivity contribution in [3.63, 3.8) is 0 Å². The normalized spacial score (nSPS) is 20.7. The molecule has 88 valence electrons. The molecule has 1 atom stereocenters. The number of nitriles is 1. The quantitative estimate of drug-likeness (QED) is 0.720. The summed E-state index contributed by atoms with van der Waals surface area (Å²) in [6.45, 7) is 2.23. The van der Waals surface area contributed by atoms with Gasteiger partial charge in [-0.2, -0.15) is 5.26 Å². The summed E-state index contributed by atoms with van der Waals surface area (Å²) in [5.41, 5.74) is 0.247. The van der Waals surface area contributed by atoms with E-state index in [1.807, 2.05) is 0 Å². The van der Waals surface area contributed by atoms with Crippen LogP contribution in [-0.4, -0.2) is 11.6 Å². The lowest BCUT2D eigenvalue weighted by atomic mass is 9.79. The Morgan fingerprint density at radius 1 is 1.31 bits per heavy atom. The first kappa shape index (κ1) is 13.1. The minimum absolute atomic E-state index is 0.174. The van der Waals surface area contributed by atoms with E-state index in [0.29, 0.717) is 12.8 Å². The van der Waals surface area contributed by atoms with Crippen LogP contribution in [0.2, 0.25) is 0 Å². The van der Waals surface area contributed by atoms with Crippen molar-refractivity contribution in [1.82, 2.24) is 5.32 Å². The Hall–Kier alpha value is -0.990. The lowest BCUT2D eigenvalue weighted by molar-refractivity contribution is 0.200. The maximum atomic E-state index is 8.79. The fraction of sp³-hybridized carbons (Fsp3) is 0.786. The zero-order valence-corrected chi connectivity index (χ0v) is 10.3. The molecule has 0 aromatic carbocycles. The Morgan fingerprint density at radius 3 is 2.50 bits per heavy atom. The highest BCUT2D eigenvalue weighted by molar-refractivity contribution is 4.99. The summed E-state index contributed by atoms with van der Waals surface area (Å²) in [4.78, 5) is 0. The summed E-state index contributed by atoms with van der Waals surface area (Å²) in [5.74, 6) is 2.67. The van der Waals surface area contributed by atoms with Crippen molar-refractivity contribution in [2.24, 2.45) is 0 Å². The van der Waals surface area contributed by atoms with E-state index in [4.69, 9.17) is 11.7 Å². The molecule has 1 aliphatic carbocycles. The van der Waals surface area contributed by atoms with E-state index >= 15 is 0 Å². The maximum Gasteiger partial charge on any atom is 0.0638 e. The second-order valence-electron chi connectivity index (χ2n) is 4.81. The van der Waals surface area contributed by atoms with Gasteiger partial charge in [-0.15, -0.1) is 12.3 Å². The largest absolute Gasteiger partial charge is 0.307 e. The molecule has 0 bridgehead atoms. The predicted molar refractivity (Wildman–Crippen MR) is 66.7 cm³/mol. The number of nitrogens with one attached hydrogen (secondary N) is 1. The Bertz CT molecular complexity index is 260. The molecule has 0 heterocycles. The summed E-state index contributed by atoms with van der Waals surface area (Å²) >= 11 is 0. The van der Waals surface area contributed by atoms with Crippen LogP contribution in [0.3, 0.4) is 0 Å². The van der Waals surface area contributed by atoms with Gasteiger partial charge >= 0.3 is 0 Å². The smallest absolute Gasteiger partial charge is 0.0638 e. The van der Waals surface area contributed by atoms with Crippen molar-refractivity contribution in [2.45, 2.75) is 69.9 Å². The van der Waals surface area contributed by atoms with Gasteiger partial charge in [0.15, 0.2) is 0 Å². The van der Waals surface area contributed by atoms with Crippen LogP contribution in [0.25, 0.3) is 0 Å². The minimum Gasteiger partial charge on any atom is -0.307 e. The van der Waals surface area contributed by atoms with Gasteiger partial charge in [0.05, 0.1) is 12.5 Å². The third-order valence-corrected chi connectivity index (χ3v) is 3.70. The van der Waals surface area contributed by atoms with Crippen LogP contribution in [0.1, 0.15) is 58.3 Å². The molecule has 1 saturated carbocycles. The number of hydrogen-bond acceptors (Lipinski definition) is 2. The molecule has 1 fully saturated rings. The number of terminal acetylenes is 1. The first-order valence-corrected chi connectivity index (χ1v) is 6.34. The van der Waals surface area contributed by atoms with Crippen molar-refractivity contribution in [3.8, 4) is 18.4 Å². The first-order chi connectivity index (χ1) is 7.76. The molecule has 1 rings (SSSR count). The van der Waals surface area contributed by atoms with Crippen LogP contribution in [-0.2, 0) is 0 Å². The standard InChI is InChI=1S/C14H22N2/c1-3-8-13(9-12-15)16-14(4-2)10-6-5-7-11-14/h1,13,16H,4-11H2,2H3. The Balaban J connectivity index is 2.59. The van der Waals surface area contributed by atoms with Gasteiger partial charge in [0.25, 0.3) is 0 Å². The fourth-order valence-corrected chi connectivity index (χ4v) is 2.69. The SMILES string of the molecule is C#CCC(CC#N)NC1(CC)CCCCC1. The highest BCUT2D eigenvalue weighted by atomic mass is 15.0. The van der Waals surface area contributed by atoms with E-state index in [0.717, 1.165) is 6.42 Å². The highest BCUT2D eigenvalue weighted by Gasteiger charge is 2.31. The molecular weight excluding hydrogens is 196 g/mol. The lowest BCUT2D eigenvalue weighted by Gasteiger charge is -2.40. The number of nitrogens with zero attached hydrogens (tertiary/aromatic N) is 1. The topological polar surface area (TPSA) is 35.8 Å². The molecule has 0 aromatic heterocycles. The van der Waals surface area contributed by atoms with Gasteiger partial charge < -0.3 is 5.32 Å². The molecule has 0 aromatic rings. The number of hydrogen-bond donors (Lipinski definition) is 1. The van der Waals surface area contributed by atoms with Crippen LogP contribution in [0.4, 0.5) is 0 Å². The van der Waals surface area contributed by atoms with Crippen LogP contribution >= 0.6 is 0 Å². The van der Waals surface area contributed by atoms with Crippen LogP contribution < -0.4 is 5.32 Å². The van der Waals surface area contributed by atoms with E-state index < -0.39 is 0 Å². The van der Waals surface area contributed by atoms with Crippen LogP contribution in [0.5, 0.6) is 0 Å². The second-order valence-corrected chi connectivity index (χ2v) is 4.81. The molecule has 1 unspecified atom stereocenters. The summed E-state index contributed by atoms with van der Waals surface area (Å²) in [6.07, 6.45) is 14.1. The Morgan fingerprint density at radius 2 is 2.00 bits per heavy atom. The molecule has 0 radical (unpaired) electrons. The molecule has 1 aliphatic rings. The van der Waals surface area contributed by atoms with Gasteiger partial charge in [0, 0.05) is 18.0 Å². The average Bonchev–Trinajstić information content (AvgIpc) is 2.31. The fourth-order valence-electron chi connectivity index (χ4n) is 2.69. The molecule has 1 N–H and O–H groups in total. The van der Waals surface area contributed by atoms with Gasteiger partial charge in [0.1, 0.15) is 0 Å². The van der Waals surface area contributed by atoms with Crippen molar-refractivity contribution < 1.29 is 0 Å². The van der Waals surface area contributed by atoms with Crippen LogP contribution in [0.15, 0.2) is 0 Å². The van der Waals surface area contributed by atoms with E-state index in [1.54, 1.807) is 0 Å². The molecule has 16 heavy (non-hydrogen) atoms. The Labute approximate surface area is 99.4 Å². The second kappa shape index (κ2) is 6.56. The lowest BCUT2D eigenvalue weighted by Crippen LogP contribution is -2.51. The van der Waals surface area contributed by atoms with Gasteiger partial charge in [-0.05, 0) is 19.3 Å². The average molecular weight is 218 g/mol. The van der Waals surface area contributed by atoms with E-state index in [-0.39, 0.29) is 11.6 Å². The van der Waals surface area contributed by atoms with Crippen LogP contribution in [0, 0.1) is 23.7 Å². The van der Waals surface area contributed by atoms with Crippen molar-refractivity contribution in [2.75, 3.05) is 0 Å². The molecule has 2 nitrogen and oxygen atoms in total. The van der Waals surface area contributed by atoms with Gasteiger partial charge in [-0.3, -0.25) is 0 Å². The van der Waals surface area contributed by atoms with Gasteiger partial charge in [-0.1, -0.05) is 26.2 Å². The molecule has 0 saturated heterocycles. The predicted octanol–water partition coefficient (Wildman–Crippen LogP) is 2.99. The first-order valence-electron chi connectivity index (χ1n) is 6.34. The van der Waals surface area contributed by atoms with Gasteiger partial charge in [0.2, 0.25) is 0 Å². The Kier molecular flexibility index (Phi) is 5.36. The highest BCUT2D eigenvalue weighted by Crippen LogP contribution is 2.31. The monoisotopic (exact) mass is 218 g/mol. The molecule has 2 heteroatoms. The molecule has 0 spiro atoms. The van der Waals surface area contributed by atoms with Crippen molar-refractivity contribution >= 4 is 0 Å². The van der Waals surface area contributed by atoms with Gasteiger partial charge in [-0.25, -0.2) is 0 Å². The maximum absolute atomic E-state index is 8.79. The minimum atomic E-state index is 0.174. The third kappa shape index (κ3) is 3.54.